The highest BCUT2D eigenvalue weighted by Crippen LogP contribution is 2.06. The minimum atomic E-state index is 0.415. The molecule has 0 heterocycles. The van der Waals surface area contributed by atoms with Crippen LogP contribution in [0.15, 0.2) is 24.3 Å². The molecule has 1 unspecified atom stereocenters. The Kier molecular flexibility index (Phi) is 7.27. The first-order valence-electron chi connectivity index (χ1n) is 4.85. The maximum Gasteiger partial charge on any atom is 0.202 e. The molecule has 0 aliphatic rings. The summed E-state index contributed by atoms with van der Waals surface area (Å²) in [5.74, 6) is 1.14. The first-order chi connectivity index (χ1) is 6.16. The molecule has 13 heavy (non-hydrogen) atoms. The van der Waals surface area contributed by atoms with Crippen LogP contribution in [0.4, 0.5) is 0 Å². The van der Waals surface area contributed by atoms with Gasteiger partial charge in [-0.3, -0.25) is 4.79 Å². The van der Waals surface area contributed by atoms with E-state index < -0.39 is 0 Å². The Morgan fingerprint density at radius 3 is 2.38 bits per heavy atom. The molecule has 0 aromatic carbocycles. The molecule has 0 aliphatic carbocycles. The van der Waals surface area contributed by atoms with Gasteiger partial charge in [0, 0.05) is 6.42 Å². The largest absolute Gasteiger partial charge is 0.291 e. The van der Waals surface area contributed by atoms with E-state index in [2.05, 4.69) is 39.0 Å². The molecule has 0 rings (SSSR count). The molecule has 0 fully saturated rings. The van der Waals surface area contributed by atoms with Crippen molar-refractivity contribution in [1.82, 2.24) is 0 Å². The fourth-order valence-electron chi connectivity index (χ4n) is 0.992. The summed E-state index contributed by atoms with van der Waals surface area (Å²) in [6, 6.07) is 0. The third-order valence-corrected chi connectivity index (χ3v) is 1.69. The number of allylic oxidation sites excluding steroid dienone is 4. The lowest BCUT2D eigenvalue weighted by molar-refractivity contribution is 0.556. The molecule has 0 amide bonds. The fourth-order valence-corrected chi connectivity index (χ4v) is 0.992. The molecule has 0 bridgehead atoms. The zero-order valence-corrected chi connectivity index (χ0v) is 8.79. The highest BCUT2D eigenvalue weighted by atomic mass is 16.1. The van der Waals surface area contributed by atoms with E-state index in [-0.39, 0.29) is 0 Å². The zero-order chi connectivity index (χ0) is 10.1. The maximum atomic E-state index is 9.90. The number of hydrogen-bond acceptors (Lipinski definition) is 1. The van der Waals surface area contributed by atoms with Crippen LogP contribution in [-0.4, -0.2) is 6.29 Å². The summed E-state index contributed by atoms with van der Waals surface area (Å²) in [4.78, 5) is 9.90. The van der Waals surface area contributed by atoms with E-state index in [4.69, 9.17) is 0 Å². The van der Waals surface area contributed by atoms with Crippen molar-refractivity contribution in [3.63, 3.8) is 0 Å². The quantitative estimate of drug-likeness (QED) is 0.572. The van der Waals surface area contributed by atoms with Gasteiger partial charge in [-0.1, -0.05) is 45.1 Å². The average Bonchev–Trinajstić information content (AvgIpc) is 2.04. The standard InChI is InChI=1S/C12H19O/c1-11(2)7-6-9-12(3)8-4-5-10-13/h4,6-8,11-12H,5,9H2,1-3H3. The van der Waals surface area contributed by atoms with Gasteiger partial charge in [-0.05, 0) is 18.3 Å². The van der Waals surface area contributed by atoms with Gasteiger partial charge in [0.05, 0.1) is 0 Å². The second-order valence-corrected chi connectivity index (χ2v) is 3.66. The van der Waals surface area contributed by atoms with Gasteiger partial charge in [-0.2, -0.15) is 0 Å². The summed E-state index contributed by atoms with van der Waals surface area (Å²) in [5.41, 5.74) is 0. The van der Waals surface area contributed by atoms with Crippen molar-refractivity contribution < 1.29 is 4.79 Å². The lowest BCUT2D eigenvalue weighted by Gasteiger charge is -2.00. The molecule has 73 valence electrons. The van der Waals surface area contributed by atoms with Crippen molar-refractivity contribution in [3.05, 3.63) is 24.3 Å². The van der Waals surface area contributed by atoms with Crippen LogP contribution in [0.1, 0.15) is 33.6 Å². The van der Waals surface area contributed by atoms with Crippen molar-refractivity contribution in [3.8, 4) is 0 Å². The van der Waals surface area contributed by atoms with Crippen LogP contribution in [0.25, 0.3) is 0 Å². The molecular weight excluding hydrogens is 160 g/mol. The van der Waals surface area contributed by atoms with Gasteiger partial charge in [-0.15, -0.1) is 0 Å². The van der Waals surface area contributed by atoms with Crippen molar-refractivity contribution >= 4 is 6.29 Å². The smallest absolute Gasteiger partial charge is 0.202 e. The predicted octanol–water partition coefficient (Wildman–Crippen LogP) is 3.28. The second kappa shape index (κ2) is 7.78. The van der Waals surface area contributed by atoms with E-state index in [1.165, 1.54) is 0 Å². The van der Waals surface area contributed by atoms with Crippen LogP contribution in [0.5, 0.6) is 0 Å². The van der Waals surface area contributed by atoms with Crippen LogP contribution in [0.2, 0.25) is 0 Å². The van der Waals surface area contributed by atoms with Gasteiger partial charge in [-0.25, -0.2) is 0 Å². The summed E-state index contributed by atoms with van der Waals surface area (Å²) in [5, 5.41) is 0. The van der Waals surface area contributed by atoms with Gasteiger partial charge >= 0.3 is 0 Å². The highest BCUT2D eigenvalue weighted by molar-refractivity contribution is 5.52. The molecular formula is C12H19O. The minimum absolute atomic E-state index is 0.415. The average molecular weight is 179 g/mol. The second-order valence-electron chi connectivity index (χ2n) is 3.66. The van der Waals surface area contributed by atoms with Crippen molar-refractivity contribution in [2.45, 2.75) is 33.6 Å². The number of carbonyl (C=O) groups excluding carboxylic acids is 1. The number of hydrogen-bond donors (Lipinski definition) is 0. The van der Waals surface area contributed by atoms with Gasteiger partial charge in [0.2, 0.25) is 6.29 Å². The topological polar surface area (TPSA) is 17.1 Å². The summed E-state index contributed by atoms with van der Waals surface area (Å²) in [6.45, 7) is 6.47. The first kappa shape index (κ1) is 12.2. The Balaban J connectivity index is 3.61. The van der Waals surface area contributed by atoms with Crippen LogP contribution in [-0.2, 0) is 4.79 Å². The molecule has 1 heteroatoms. The molecule has 0 saturated heterocycles. The Hall–Kier alpha value is -0.850. The highest BCUT2D eigenvalue weighted by Gasteiger charge is 1.92. The van der Waals surface area contributed by atoms with E-state index >= 15 is 0 Å². The van der Waals surface area contributed by atoms with Crippen molar-refractivity contribution in [2.24, 2.45) is 11.8 Å². The third kappa shape index (κ3) is 9.06. The maximum absolute atomic E-state index is 9.90. The molecule has 0 saturated carbocycles. The van der Waals surface area contributed by atoms with E-state index in [1.54, 1.807) is 0 Å². The molecule has 1 nitrogen and oxygen atoms in total. The summed E-state index contributed by atoms with van der Waals surface area (Å²) in [6.07, 6.45) is 11.7. The number of rotatable bonds is 6. The van der Waals surface area contributed by atoms with Crippen molar-refractivity contribution in [2.75, 3.05) is 0 Å². The first-order valence-corrected chi connectivity index (χ1v) is 4.85. The van der Waals surface area contributed by atoms with E-state index in [0.717, 1.165) is 6.42 Å². The van der Waals surface area contributed by atoms with Crippen molar-refractivity contribution in [1.29, 1.82) is 0 Å². The van der Waals surface area contributed by atoms with Gasteiger partial charge < -0.3 is 0 Å². The van der Waals surface area contributed by atoms with E-state index in [9.17, 15) is 4.79 Å². The Morgan fingerprint density at radius 2 is 1.85 bits per heavy atom. The normalized spacial score (nSPS) is 14.5. The predicted molar refractivity (Wildman–Crippen MR) is 57.2 cm³/mol. The lowest BCUT2D eigenvalue weighted by atomic mass is 10.1. The monoisotopic (exact) mass is 179 g/mol. The molecule has 0 aliphatic heterocycles. The third-order valence-electron chi connectivity index (χ3n) is 1.69. The molecule has 0 N–H and O–H groups in total. The SMILES string of the molecule is CC(C)C=CCC(C)C=CC[C]=O. The summed E-state index contributed by atoms with van der Waals surface area (Å²) < 4.78 is 0. The van der Waals surface area contributed by atoms with Gasteiger partial charge in [0.15, 0.2) is 0 Å². The molecule has 1 atom stereocenters. The fraction of sp³-hybridized carbons (Fsp3) is 0.583. The molecule has 0 aromatic rings. The van der Waals surface area contributed by atoms with E-state index in [1.807, 2.05) is 12.4 Å². The summed E-state index contributed by atoms with van der Waals surface area (Å²) >= 11 is 0. The van der Waals surface area contributed by atoms with Gasteiger partial charge in [0.1, 0.15) is 0 Å². The Labute approximate surface area is 81.5 Å². The molecule has 0 aromatic heterocycles. The molecule has 1 radical (unpaired) electrons. The van der Waals surface area contributed by atoms with E-state index in [0.29, 0.717) is 18.3 Å². The lowest BCUT2D eigenvalue weighted by Crippen LogP contribution is -1.87. The van der Waals surface area contributed by atoms with Crippen LogP contribution in [0.3, 0.4) is 0 Å². The molecule has 0 spiro atoms. The minimum Gasteiger partial charge on any atom is -0.291 e. The Morgan fingerprint density at radius 1 is 1.15 bits per heavy atom. The van der Waals surface area contributed by atoms with Gasteiger partial charge in [0.25, 0.3) is 0 Å². The van der Waals surface area contributed by atoms with Crippen LogP contribution >= 0.6 is 0 Å². The summed E-state index contributed by atoms with van der Waals surface area (Å²) in [7, 11) is 0. The van der Waals surface area contributed by atoms with Crippen LogP contribution in [0, 0.1) is 11.8 Å². The Bertz CT molecular complexity index is 178. The zero-order valence-electron chi connectivity index (χ0n) is 8.79. The van der Waals surface area contributed by atoms with Crippen LogP contribution < -0.4 is 0 Å².